The van der Waals surface area contributed by atoms with Crippen LogP contribution < -0.4 is 10.5 Å². The van der Waals surface area contributed by atoms with Crippen LogP contribution in [0.25, 0.3) is 0 Å². The zero-order valence-corrected chi connectivity index (χ0v) is 8.13. The standard InChI is InChI=1S/C10H14FNO2/c1-13-6-3-7-14-9-5-2-4-8(11)10(9)12/h2,4-5H,3,6-7,12H2,1H3. The average Bonchev–Trinajstić information content (AvgIpc) is 2.19. The van der Waals surface area contributed by atoms with Gasteiger partial charge in [-0.3, -0.25) is 0 Å². The molecule has 0 aliphatic carbocycles. The summed E-state index contributed by atoms with van der Waals surface area (Å²) in [6.45, 7) is 1.09. The maximum atomic E-state index is 12.9. The Morgan fingerprint density at radius 2 is 2.14 bits per heavy atom. The highest BCUT2D eigenvalue weighted by molar-refractivity contribution is 5.53. The molecule has 2 N–H and O–H groups in total. The zero-order chi connectivity index (χ0) is 10.4. The van der Waals surface area contributed by atoms with Crippen molar-refractivity contribution in [2.75, 3.05) is 26.1 Å². The van der Waals surface area contributed by atoms with Gasteiger partial charge in [-0.25, -0.2) is 4.39 Å². The van der Waals surface area contributed by atoms with Gasteiger partial charge in [0.05, 0.1) is 6.61 Å². The molecule has 3 nitrogen and oxygen atoms in total. The lowest BCUT2D eigenvalue weighted by Gasteiger charge is -2.08. The molecule has 1 aromatic rings. The van der Waals surface area contributed by atoms with Gasteiger partial charge in [-0.15, -0.1) is 0 Å². The molecule has 0 aliphatic heterocycles. The van der Waals surface area contributed by atoms with Crippen LogP contribution >= 0.6 is 0 Å². The molecule has 4 heteroatoms. The third kappa shape index (κ3) is 2.88. The molecule has 0 atom stereocenters. The molecule has 78 valence electrons. The summed E-state index contributed by atoms with van der Waals surface area (Å²) in [7, 11) is 1.62. The maximum absolute atomic E-state index is 12.9. The molecule has 1 aromatic carbocycles. The summed E-state index contributed by atoms with van der Waals surface area (Å²) >= 11 is 0. The molecule has 1 rings (SSSR count). The smallest absolute Gasteiger partial charge is 0.149 e. The van der Waals surface area contributed by atoms with Gasteiger partial charge in [-0.05, 0) is 12.1 Å². The highest BCUT2D eigenvalue weighted by Crippen LogP contribution is 2.23. The first-order chi connectivity index (χ1) is 6.75. The summed E-state index contributed by atoms with van der Waals surface area (Å²) in [5, 5.41) is 0. The Labute approximate surface area is 82.6 Å². The minimum absolute atomic E-state index is 0.0601. The van der Waals surface area contributed by atoms with E-state index in [4.69, 9.17) is 15.2 Å². The second-order valence-electron chi connectivity index (χ2n) is 2.85. The SMILES string of the molecule is COCCCOc1cccc(F)c1N. The largest absolute Gasteiger partial charge is 0.491 e. The summed E-state index contributed by atoms with van der Waals surface area (Å²) in [5.41, 5.74) is 5.53. The van der Waals surface area contributed by atoms with E-state index in [1.165, 1.54) is 6.07 Å². The molecule has 0 bridgehead atoms. The van der Waals surface area contributed by atoms with Crippen molar-refractivity contribution in [3.05, 3.63) is 24.0 Å². The Morgan fingerprint density at radius 3 is 2.86 bits per heavy atom. The van der Waals surface area contributed by atoms with E-state index >= 15 is 0 Å². The van der Waals surface area contributed by atoms with Crippen molar-refractivity contribution in [2.24, 2.45) is 0 Å². The van der Waals surface area contributed by atoms with Gasteiger partial charge in [0, 0.05) is 20.1 Å². The van der Waals surface area contributed by atoms with Crippen molar-refractivity contribution in [1.29, 1.82) is 0 Å². The van der Waals surface area contributed by atoms with Gasteiger partial charge in [0.1, 0.15) is 17.3 Å². The first kappa shape index (κ1) is 10.8. The molecular weight excluding hydrogens is 185 g/mol. The van der Waals surface area contributed by atoms with Crippen LogP contribution in [0, 0.1) is 5.82 Å². The van der Waals surface area contributed by atoms with Crippen LogP contribution in [0.3, 0.4) is 0 Å². The summed E-state index contributed by atoms with van der Waals surface area (Å²) in [6, 6.07) is 4.51. The Kier molecular flexibility index (Phi) is 4.19. The molecule has 0 heterocycles. The monoisotopic (exact) mass is 199 g/mol. The van der Waals surface area contributed by atoms with Gasteiger partial charge < -0.3 is 15.2 Å². The van der Waals surface area contributed by atoms with Crippen molar-refractivity contribution >= 4 is 5.69 Å². The Hall–Kier alpha value is -1.29. The summed E-state index contributed by atoms with van der Waals surface area (Å²) in [4.78, 5) is 0. The van der Waals surface area contributed by atoms with Gasteiger partial charge >= 0.3 is 0 Å². The molecule has 0 spiro atoms. The van der Waals surface area contributed by atoms with E-state index in [2.05, 4.69) is 0 Å². The molecule has 14 heavy (non-hydrogen) atoms. The van der Waals surface area contributed by atoms with Crippen molar-refractivity contribution in [3.8, 4) is 5.75 Å². The van der Waals surface area contributed by atoms with E-state index < -0.39 is 5.82 Å². The van der Waals surface area contributed by atoms with E-state index in [0.717, 1.165) is 6.42 Å². The number of rotatable bonds is 5. The first-order valence-corrected chi connectivity index (χ1v) is 4.41. The van der Waals surface area contributed by atoms with Gasteiger partial charge in [0.15, 0.2) is 0 Å². The van der Waals surface area contributed by atoms with Gasteiger partial charge in [-0.1, -0.05) is 6.07 Å². The van der Waals surface area contributed by atoms with E-state index in [1.54, 1.807) is 19.2 Å². The van der Waals surface area contributed by atoms with Crippen molar-refractivity contribution in [1.82, 2.24) is 0 Å². The molecule has 0 radical (unpaired) electrons. The quantitative estimate of drug-likeness (QED) is 0.581. The van der Waals surface area contributed by atoms with Crippen molar-refractivity contribution in [3.63, 3.8) is 0 Å². The van der Waals surface area contributed by atoms with Crippen molar-refractivity contribution < 1.29 is 13.9 Å². The number of nitrogens with two attached hydrogens (primary N) is 1. The van der Waals surface area contributed by atoms with Crippen LogP contribution in [0.4, 0.5) is 10.1 Å². The van der Waals surface area contributed by atoms with Crippen LogP contribution in [-0.2, 0) is 4.74 Å². The molecule has 0 fully saturated rings. The predicted molar refractivity (Wildman–Crippen MR) is 52.8 cm³/mol. The third-order valence-corrected chi connectivity index (χ3v) is 1.76. The third-order valence-electron chi connectivity index (χ3n) is 1.76. The van der Waals surface area contributed by atoms with Crippen LogP contribution in [0.15, 0.2) is 18.2 Å². The fourth-order valence-electron chi connectivity index (χ4n) is 1.03. The minimum atomic E-state index is -0.450. The lowest BCUT2D eigenvalue weighted by molar-refractivity contribution is 0.172. The molecule has 0 saturated heterocycles. The molecular formula is C10H14FNO2. The average molecular weight is 199 g/mol. The van der Waals surface area contributed by atoms with Crippen LogP contribution in [0.2, 0.25) is 0 Å². The number of methoxy groups -OCH3 is 1. The number of nitrogen functional groups attached to an aromatic ring is 1. The van der Waals surface area contributed by atoms with Gasteiger partial charge in [0.25, 0.3) is 0 Å². The topological polar surface area (TPSA) is 44.5 Å². The number of hydrogen-bond donors (Lipinski definition) is 1. The van der Waals surface area contributed by atoms with E-state index in [1.807, 2.05) is 0 Å². The molecule has 0 amide bonds. The number of anilines is 1. The number of benzene rings is 1. The van der Waals surface area contributed by atoms with Gasteiger partial charge in [0.2, 0.25) is 0 Å². The fraction of sp³-hybridized carbons (Fsp3) is 0.400. The Morgan fingerprint density at radius 1 is 1.36 bits per heavy atom. The fourth-order valence-corrected chi connectivity index (χ4v) is 1.03. The van der Waals surface area contributed by atoms with Crippen LogP contribution in [0.5, 0.6) is 5.75 Å². The Bertz CT molecular complexity index is 291. The molecule has 0 aromatic heterocycles. The molecule has 0 saturated carbocycles. The summed E-state index contributed by atoms with van der Waals surface area (Å²) in [5.74, 6) is -0.0599. The number of hydrogen-bond acceptors (Lipinski definition) is 3. The number of halogens is 1. The lowest BCUT2D eigenvalue weighted by atomic mass is 10.3. The predicted octanol–water partition coefficient (Wildman–Crippen LogP) is 1.82. The van der Waals surface area contributed by atoms with E-state index in [9.17, 15) is 4.39 Å². The molecule has 0 unspecified atom stereocenters. The van der Waals surface area contributed by atoms with Crippen LogP contribution in [-0.4, -0.2) is 20.3 Å². The first-order valence-electron chi connectivity index (χ1n) is 4.41. The van der Waals surface area contributed by atoms with Crippen molar-refractivity contribution in [2.45, 2.75) is 6.42 Å². The number of ether oxygens (including phenoxy) is 2. The number of para-hydroxylation sites is 1. The summed E-state index contributed by atoms with van der Waals surface area (Å²) in [6.07, 6.45) is 0.756. The van der Waals surface area contributed by atoms with Gasteiger partial charge in [-0.2, -0.15) is 0 Å². The second-order valence-corrected chi connectivity index (χ2v) is 2.85. The van der Waals surface area contributed by atoms with E-state index in [-0.39, 0.29) is 5.69 Å². The maximum Gasteiger partial charge on any atom is 0.149 e. The van der Waals surface area contributed by atoms with E-state index in [0.29, 0.717) is 19.0 Å². The highest BCUT2D eigenvalue weighted by atomic mass is 19.1. The zero-order valence-electron chi connectivity index (χ0n) is 8.13. The highest BCUT2D eigenvalue weighted by Gasteiger charge is 2.04. The molecule has 0 aliphatic rings. The Balaban J connectivity index is 2.46. The lowest BCUT2D eigenvalue weighted by Crippen LogP contribution is -2.04. The normalized spacial score (nSPS) is 10.1. The summed E-state index contributed by atoms with van der Waals surface area (Å²) < 4.78 is 23.0. The second kappa shape index (κ2) is 5.44. The van der Waals surface area contributed by atoms with Crippen LogP contribution in [0.1, 0.15) is 6.42 Å². The minimum Gasteiger partial charge on any atom is -0.491 e.